The molecule has 96 valence electrons. The first-order valence-electron chi connectivity index (χ1n) is 7.67. The van der Waals surface area contributed by atoms with Crippen LogP contribution in [-0.2, 0) is 0 Å². The van der Waals surface area contributed by atoms with Gasteiger partial charge in [0.2, 0.25) is 0 Å². The molecule has 0 aromatic carbocycles. The van der Waals surface area contributed by atoms with Gasteiger partial charge in [-0.3, -0.25) is 0 Å². The predicted molar refractivity (Wildman–Crippen MR) is 82.6 cm³/mol. The van der Waals surface area contributed by atoms with Crippen LogP contribution >= 0.6 is 0 Å². The van der Waals surface area contributed by atoms with E-state index in [9.17, 15) is 0 Å². The molecular weight excluding hydrogens is 219 g/mol. The third-order valence-electron chi connectivity index (χ3n) is 5.18. The van der Waals surface area contributed by atoms with Gasteiger partial charge in [0.1, 0.15) is 0 Å². The van der Waals surface area contributed by atoms with E-state index in [0.29, 0.717) is 0 Å². The van der Waals surface area contributed by atoms with Crippen molar-refractivity contribution in [2.24, 2.45) is 5.92 Å². The van der Waals surface area contributed by atoms with Crippen LogP contribution in [0.25, 0.3) is 0 Å². The van der Waals surface area contributed by atoms with Crippen LogP contribution in [0.5, 0.6) is 0 Å². The standard InChI is InChI=1S/C15H29BSi/c1-5-12-16-14-10-6-8-13(9-7-11-14)15(16)17(2,3)4/h5,12-15H,6-11H2,1-4H3/b12-5+. The summed E-state index contributed by atoms with van der Waals surface area (Å²) in [7, 11) is -1.03. The number of hydrogen-bond donors (Lipinski definition) is 0. The zero-order valence-electron chi connectivity index (χ0n) is 12.2. The molecule has 2 bridgehead atoms. The van der Waals surface area contributed by atoms with Crippen LogP contribution in [0.3, 0.4) is 0 Å². The second-order valence-corrected chi connectivity index (χ2v) is 12.8. The number of hydrogen-bond acceptors (Lipinski definition) is 0. The van der Waals surface area contributed by atoms with Gasteiger partial charge in [0.25, 0.3) is 0 Å². The van der Waals surface area contributed by atoms with Crippen molar-refractivity contribution in [1.82, 2.24) is 0 Å². The van der Waals surface area contributed by atoms with Gasteiger partial charge in [0, 0.05) is 8.07 Å². The summed E-state index contributed by atoms with van der Waals surface area (Å²) in [5.74, 6) is 4.64. The van der Waals surface area contributed by atoms with E-state index in [1.807, 2.05) is 0 Å². The summed E-state index contributed by atoms with van der Waals surface area (Å²) in [4.78, 5) is 0. The van der Waals surface area contributed by atoms with Gasteiger partial charge in [-0.15, -0.1) is 12.1 Å². The molecule has 2 aliphatic rings. The Morgan fingerprint density at radius 1 is 1.00 bits per heavy atom. The van der Waals surface area contributed by atoms with Crippen molar-refractivity contribution >= 4 is 14.8 Å². The molecule has 0 aromatic rings. The van der Waals surface area contributed by atoms with Crippen LogP contribution in [0.2, 0.25) is 30.9 Å². The fraction of sp³-hybridized carbons (Fsp3) is 0.867. The lowest BCUT2D eigenvalue weighted by Crippen LogP contribution is -2.42. The van der Waals surface area contributed by atoms with Crippen LogP contribution in [0.1, 0.15) is 45.4 Å². The van der Waals surface area contributed by atoms with Crippen molar-refractivity contribution in [3.63, 3.8) is 0 Å². The van der Waals surface area contributed by atoms with E-state index in [1.165, 1.54) is 38.5 Å². The number of allylic oxidation sites excluding steroid dienone is 1. The van der Waals surface area contributed by atoms with Gasteiger partial charge in [-0.05, 0) is 12.8 Å². The molecule has 0 saturated carbocycles. The molecule has 2 aliphatic heterocycles. The quantitative estimate of drug-likeness (QED) is 0.589. The highest BCUT2D eigenvalue weighted by molar-refractivity contribution is 6.92. The second kappa shape index (κ2) is 5.34. The fourth-order valence-electron chi connectivity index (χ4n) is 4.71. The number of rotatable bonds is 2. The van der Waals surface area contributed by atoms with Crippen molar-refractivity contribution in [2.45, 2.75) is 76.3 Å². The van der Waals surface area contributed by atoms with Gasteiger partial charge in [-0.2, -0.15) is 0 Å². The molecule has 0 N–H and O–H groups in total. The molecule has 2 saturated heterocycles. The van der Waals surface area contributed by atoms with Crippen LogP contribution in [0.15, 0.2) is 12.1 Å². The predicted octanol–water partition coefficient (Wildman–Crippen LogP) is 5.20. The Hall–Kier alpha value is 0.0218. The lowest BCUT2D eigenvalue weighted by molar-refractivity contribution is 0.411. The van der Waals surface area contributed by atoms with Crippen molar-refractivity contribution in [2.75, 3.05) is 0 Å². The smallest absolute Gasteiger partial charge is 0.119 e. The summed E-state index contributed by atoms with van der Waals surface area (Å²) in [6.45, 7) is 11.0. The topological polar surface area (TPSA) is 0 Å². The van der Waals surface area contributed by atoms with Gasteiger partial charge in [-0.25, -0.2) is 0 Å². The average Bonchev–Trinajstić information content (AvgIpc) is 2.44. The molecule has 2 heteroatoms. The molecule has 2 fully saturated rings. The summed E-state index contributed by atoms with van der Waals surface area (Å²) in [6, 6.07) is 0. The van der Waals surface area contributed by atoms with Gasteiger partial charge in [0.05, 0.1) is 0 Å². The van der Waals surface area contributed by atoms with E-state index < -0.39 is 8.07 Å². The SMILES string of the molecule is C/C=C/B1C2CCCC(CCC2)C1[Si](C)(C)C. The lowest BCUT2D eigenvalue weighted by Gasteiger charge is -2.38. The molecular formula is C15H29BSi. The van der Waals surface area contributed by atoms with Crippen molar-refractivity contribution in [3.8, 4) is 0 Å². The minimum Gasteiger partial charge on any atom is -0.119 e. The molecule has 0 aliphatic carbocycles. The summed E-state index contributed by atoms with van der Waals surface area (Å²) < 4.78 is 0. The average molecular weight is 248 g/mol. The van der Waals surface area contributed by atoms with E-state index >= 15 is 0 Å². The maximum absolute atomic E-state index is 2.61. The highest BCUT2D eigenvalue weighted by Crippen LogP contribution is 2.50. The first-order chi connectivity index (χ1) is 8.04. The zero-order valence-corrected chi connectivity index (χ0v) is 13.2. The largest absolute Gasteiger partial charge is 0.169 e. The molecule has 1 atom stereocenters. The fourth-order valence-corrected chi connectivity index (χ4v) is 7.99. The summed E-state index contributed by atoms with van der Waals surface area (Å²) >= 11 is 0. The minimum atomic E-state index is -1.03. The third-order valence-corrected chi connectivity index (χ3v) is 8.04. The monoisotopic (exact) mass is 248 g/mol. The third kappa shape index (κ3) is 2.89. The van der Waals surface area contributed by atoms with E-state index in [2.05, 4.69) is 38.6 Å². The molecule has 17 heavy (non-hydrogen) atoms. The molecule has 0 nitrogen and oxygen atoms in total. The van der Waals surface area contributed by atoms with E-state index in [1.54, 1.807) is 0 Å². The van der Waals surface area contributed by atoms with Gasteiger partial charge in [-0.1, -0.05) is 69.4 Å². The first kappa shape index (κ1) is 13.5. The molecule has 2 heterocycles. The Kier molecular flexibility index (Phi) is 4.23. The Balaban J connectivity index is 2.34. The molecule has 1 unspecified atom stereocenters. The molecule has 0 amide bonds. The van der Waals surface area contributed by atoms with Crippen molar-refractivity contribution < 1.29 is 0 Å². The molecule has 0 spiro atoms. The van der Waals surface area contributed by atoms with E-state index in [0.717, 1.165) is 23.9 Å². The Labute approximate surface area is 109 Å². The second-order valence-electron chi connectivity index (χ2n) is 7.38. The van der Waals surface area contributed by atoms with Gasteiger partial charge in [0.15, 0.2) is 6.71 Å². The Morgan fingerprint density at radius 3 is 2.06 bits per heavy atom. The summed E-state index contributed by atoms with van der Waals surface area (Å²) in [5, 5.41) is 0. The minimum absolute atomic E-state index is 0.918. The molecule has 0 radical (unpaired) electrons. The maximum Gasteiger partial charge on any atom is 0.169 e. The highest BCUT2D eigenvalue weighted by atomic mass is 28.3. The van der Waals surface area contributed by atoms with E-state index in [-0.39, 0.29) is 0 Å². The van der Waals surface area contributed by atoms with Crippen molar-refractivity contribution in [1.29, 1.82) is 0 Å². The van der Waals surface area contributed by atoms with Crippen molar-refractivity contribution in [3.05, 3.63) is 12.1 Å². The normalized spacial score (nSPS) is 35.1. The van der Waals surface area contributed by atoms with Gasteiger partial charge < -0.3 is 0 Å². The lowest BCUT2D eigenvalue weighted by atomic mass is 9.37. The Morgan fingerprint density at radius 2 is 1.59 bits per heavy atom. The van der Waals surface area contributed by atoms with Crippen LogP contribution in [0.4, 0.5) is 0 Å². The maximum atomic E-state index is 2.61. The first-order valence-corrected chi connectivity index (χ1v) is 11.2. The Bertz CT molecular complexity index is 269. The van der Waals surface area contributed by atoms with E-state index in [4.69, 9.17) is 0 Å². The van der Waals surface area contributed by atoms with Crippen LogP contribution in [0, 0.1) is 5.92 Å². The molecule has 0 aromatic heterocycles. The van der Waals surface area contributed by atoms with Crippen LogP contribution < -0.4 is 0 Å². The summed E-state index contributed by atoms with van der Waals surface area (Å²) in [5.41, 5.74) is 1.05. The number of fused-ring (bicyclic) bond motifs is 3. The zero-order chi connectivity index (χ0) is 12.5. The summed E-state index contributed by atoms with van der Waals surface area (Å²) in [6.07, 6.45) is 11.4. The van der Waals surface area contributed by atoms with Crippen LogP contribution in [-0.4, -0.2) is 14.8 Å². The highest BCUT2D eigenvalue weighted by Gasteiger charge is 2.45. The molecule has 2 rings (SSSR count). The van der Waals surface area contributed by atoms with Gasteiger partial charge >= 0.3 is 0 Å².